The molecular weight excluding hydrogens is 439 g/mol. The van der Waals surface area contributed by atoms with Gasteiger partial charge in [-0.2, -0.15) is 5.10 Å². The number of rotatable bonds is 6. The number of amides is 1. The molecule has 0 spiro atoms. The highest BCUT2D eigenvalue weighted by Crippen LogP contribution is 2.35. The van der Waals surface area contributed by atoms with Gasteiger partial charge in [-0.25, -0.2) is 4.98 Å². The Morgan fingerprint density at radius 3 is 2.82 bits per heavy atom. The lowest BCUT2D eigenvalue weighted by Crippen LogP contribution is -2.34. The largest absolute Gasteiger partial charge is 0.497 e. The number of hydrogen-bond donors (Lipinski definition) is 0. The number of aromatic nitrogens is 3. The summed E-state index contributed by atoms with van der Waals surface area (Å²) in [7, 11) is 1.62. The SMILES string of the molecule is COc1ccc2nc(N(CCn3cccn3)C(=O)c3cc(Cl)sc3Cl)sc2c1. The lowest BCUT2D eigenvalue weighted by atomic mass is 10.3. The number of nitrogens with zero attached hydrogens (tertiary/aromatic N) is 4. The van der Waals surface area contributed by atoms with E-state index in [1.807, 2.05) is 30.5 Å². The number of methoxy groups -OCH3 is 1. The average molecular weight is 453 g/mol. The minimum atomic E-state index is -0.244. The van der Waals surface area contributed by atoms with Crippen LogP contribution >= 0.6 is 45.9 Å². The maximum absolute atomic E-state index is 13.2. The molecule has 4 aromatic rings. The highest BCUT2D eigenvalue weighted by molar-refractivity contribution is 7.22. The first kappa shape index (κ1) is 19.2. The van der Waals surface area contributed by atoms with Gasteiger partial charge in [0.05, 0.1) is 33.8 Å². The van der Waals surface area contributed by atoms with E-state index in [1.54, 1.807) is 29.0 Å². The molecule has 0 aliphatic heterocycles. The first-order valence-electron chi connectivity index (χ1n) is 8.24. The Bertz CT molecular complexity index is 1120. The van der Waals surface area contributed by atoms with E-state index in [0.29, 0.717) is 32.5 Å². The van der Waals surface area contributed by atoms with Crippen molar-refractivity contribution in [2.45, 2.75) is 6.54 Å². The molecule has 6 nitrogen and oxygen atoms in total. The molecule has 1 aromatic carbocycles. The van der Waals surface area contributed by atoms with Crippen molar-refractivity contribution in [3.8, 4) is 5.75 Å². The van der Waals surface area contributed by atoms with Gasteiger partial charge >= 0.3 is 0 Å². The first-order valence-corrected chi connectivity index (χ1v) is 10.6. The quantitative estimate of drug-likeness (QED) is 0.402. The van der Waals surface area contributed by atoms with Gasteiger partial charge < -0.3 is 4.74 Å². The molecule has 0 unspecified atom stereocenters. The predicted molar refractivity (Wildman–Crippen MR) is 114 cm³/mol. The van der Waals surface area contributed by atoms with Crippen molar-refractivity contribution < 1.29 is 9.53 Å². The Hall–Kier alpha value is -2.13. The summed E-state index contributed by atoms with van der Waals surface area (Å²) in [6.07, 6.45) is 3.55. The number of hydrogen-bond acceptors (Lipinski definition) is 6. The zero-order valence-electron chi connectivity index (χ0n) is 14.6. The summed E-state index contributed by atoms with van der Waals surface area (Å²) in [5.41, 5.74) is 1.17. The van der Waals surface area contributed by atoms with Crippen molar-refractivity contribution >= 4 is 67.1 Å². The van der Waals surface area contributed by atoms with E-state index >= 15 is 0 Å². The number of anilines is 1. The Kier molecular flexibility index (Phi) is 5.54. The predicted octanol–water partition coefficient (Wildman–Crippen LogP) is 5.22. The molecule has 0 atom stereocenters. The second-order valence-electron chi connectivity index (χ2n) is 5.79. The first-order chi connectivity index (χ1) is 13.5. The van der Waals surface area contributed by atoms with Gasteiger partial charge in [0.1, 0.15) is 10.1 Å². The fourth-order valence-electron chi connectivity index (χ4n) is 2.69. The van der Waals surface area contributed by atoms with Crippen molar-refractivity contribution in [3.05, 3.63) is 57.0 Å². The second kappa shape index (κ2) is 8.08. The van der Waals surface area contributed by atoms with Crippen LogP contribution in [0.25, 0.3) is 10.2 Å². The van der Waals surface area contributed by atoms with E-state index in [4.69, 9.17) is 27.9 Å². The van der Waals surface area contributed by atoms with Crippen LogP contribution in [0.3, 0.4) is 0 Å². The summed E-state index contributed by atoms with van der Waals surface area (Å²) in [5.74, 6) is 0.496. The van der Waals surface area contributed by atoms with E-state index in [1.165, 1.54) is 22.7 Å². The number of carbonyl (C=O) groups is 1. The van der Waals surface area contributed by atoms with Gasteiger partial charge in [-0.05, 0) is 30.3 Å². The maximum Gasteiger partial charge on any atom is 0.262 e. The van der Waals surface area contributed by atoms with E-state index < -0.39 is 0 Å². The normalized spacial score (nSPS) is 11.1. The molecule has 3 aromatic heterocycles. The molecule has 0 saturated heterocycles. The van der Waals surface area contributed by atoms with Crippen molar-refractivity contribution in [1.82, 2.24) is 14.8 Å². The van der Waals surface area contributed by atoms with Gasteiger partial charge in [-0.3, -0.25) is 14.4 Å². The lowest BCUT2D eigenvalue weighted by Gasteiger charge is -2.19. The summed E-state index contributed by atoms with van der Waals surface area (Å²) < 4.78 is 8.80. The Balaban J connectivity index is 1.71. The highest BCUT2D eigenvalue weighted by Gasteiger charge is 2.25. The standard InChI is InChI=1S/C18H14Cl2N4O2S2/c1-26-11-3-4-13-14(9-11)27-18(22-13)24(8-7-23-6-2-5-21-23)17(25)12-10-15(19)28-16(12)20/h2-6,9-10H,7-8H2,1H3. The third-order valence-corrected chi connectivity index (χ3v) is 6.59. The van der Waals surface area contributed by atoms with Gasteiger partial charge in [0, 0.05) is 18.9 Å². The van der Waals surface area contributed by atoms with Crippen LogP contribution in [0.4, 0.5) is 5.13 Å². The summed E-state index contributed by atoms with van der Waals surface area (Å²) in [5, 5.41) is 4.78. The van der Waals surface area contributed by atoms with Crippen molar-refractivity contribution in [1.29, 1.82) is 0 Å². The zero-order valence-corrected chi connectivity index (χ0v) is 17.8. The third-order valence-electron chi connectivity index (χ3n) is 4.06. The minimum absolute atomic E-state index is 0.244. The third kappa shape index (κ3) is 3.86. The molecule has 4 rings (SSSR count). The van der Waals surface area contributed by atoms with Gasteiger partial charge in [-0.1, -0.05) is 34.5 Å². The molecule has 144 valence electrons. The fraction of sp³-hybridized carbons (Fsp3) is 0.167. The van der Waals surface area contributed by atoms with Crippen LogP contribution in [-0.4, -0.2) is 34.3 Å². The summed E-state index contributed by atoms with van der Waals surface area (Å²) in [4.78, 5) is 19.5. The van der Waals surface area contributed by atoms with E-state index in [-0.39, 0.29) is 5.91 Å². The number of halogens is 2. The van der Waals surface area contributed by atoms with Crippen molar-refractivity contribution in [2.75, 3.05) is 18.6 Å². The lowest BCUT2D eigenvalue weighted by molar-refractivity contribution is 0.0986. The van der Waals surface area contributed by atoms with Crippen LogP contribution in [0.5, 0.6) is 5.75 Å². The summed E-state index contributed by atoms with van der Waals surface area (Å²) >= 11 is 14.9. The molecular formula is C18H14Cl2N4O2S2. The van der Waals surface area contributed by atoms with Crippen LogP contribution in [0.1, 0.15) is 10.4 Å². The van der Waals surface area contributed by atoms with Crippen LogP contribution in [-0.2, 0) is 6.54 Å². The molecule has 10 heteroatoms. The van der Waals surface area contributed by atoms with Crippen molar-refractivity contribution in [2.24, 2.45) is 0 Å². The number of thiophene rings is 1. The number of benzene rings is 1. The summed E-state index contributed by atoms with van der Waals surface area (Å²) in [6.45, 7) is 0.911. The fourth-order valence-corrected chi connectivity index (χ4v) is 5.15. The van der Waals surface area contributed by atoms with Crippen LogP contribution in [0.2, 0.25) is 8.67 Å². The molecule has 0 fully saturated rings. The van der Waals surface area contributed by atoms with Crippen molar-refractivity contribution in [3.63, 3.8) is 0 Å². The number of carbonyl (C=O) groups excluding carboxylic acids is 1. The monoisotopic (exact) mass is 452 g/mol. The van der Waals surface area contributed by atoms with Gasteiger partial charge in [0.25, 0.3) is 5.91 Å². The molecule has 28 heavy (non-hydrogen) atoms. The molecule has 0 radical (unpaired) electrons. The average Bonchev–Trinajstić information content (AvgIpc) is 3.41. The van der Waals surface area contributed by atoms with Gasteiger partial charge in [0.15, 0.2) is 5.13 Å². The highest BCUT2D eigenvalue weighted by atomic mass is 35.5. The van der Waals surface area contributed by atoms with Gasteiger partial charge in [-0.15, -0.1) is 11.3 Å². The van der Waals surface area contributed by atoms with Crippen LogP contribution in [0.15, 0.2) is 42.7 Å². The van der Waals surface area contributed by atoms with Gasteiger partial charge in [0.2, 0.25) is 0 Å². The van der Waals surface area contributed by atoms with E-state index in [0.717, 1.165) is 16.0 Å². The smallest absolute Gasteiger partial charge is 0.262 e. The maximum atomic E-state index is 13.2. The Labute approximate surface area is 178 Å². The van der Waals surface area contributed by atoms with E-state index in [2.05, 4.69) is 10.1 Å². The molecule has 0 aliphatic rings. The number of thiazole rings is 1. The van der Waals surface area contributed by atoms with Crippen LogP contribution in [0, 0.1) is 0 Å². The molecule has 0 aliphatic carbocycles. The second-order valence-corrected chi connectivity index (χ2v) is 9.09. The molecule has 0 bridgehead atoms. The molecule has 0 N–H and O–H groups in total. The number of fused-ring (bicyclic) bond motifs is 1. The Morgan fingerprint density at radius 1 is 1.29 bits per heavy atom. The Morgan fingerprint density at radius 2 is 2.14 bits per heavy atom. The molecule has 1 amide bonds. The number of ether oxygens (including phenoxy) is 1. The minimum Gasteiger partial charge on any atom is -0.497 e. The molecule has 0 saturated carbocycles. The van der Waals surface area contributed by atoms with Crippen LogP contribution < -0.4 is 9.64 Å². The zero-order chi connectivity index (χ0) is 19.7. The van der Waals surface area contributed by atoms with E-state index in [9.17, 15) is 4.79 Å². The topological polar surface area (TPSA) is 60.2 Å². The molecule has 3 heterocycles. The summed E-state index contributed by atoms with van der Waals surface area (Å²) in [6, 6.07) is 9.05.